The van der Waals surface area contributed by atoms with E-state index in [0.717, 1.165) is 25.0 Å². The highest BCUT2D eigenvalue weighted by atomic mass is 32.2. The summed E-state index contributed by atoms with van der Waals surface area (Å²) in [5.74, 6) is 0. The molecule has 102 valence electrons. The molecule has 6 nitrogen and oxygen atoms in total. The van der Waals surface area contributed by atoms with Gasteiger partial charge in [0, 0.05) is 24.5 Å². The Bertz CT molecular complexity index is 460. The van der Waals surface area contributed by atoms with Gasteiger partial charge in [0.05, 0.1) is 17.7 Å². The molecule has 0 saturated carbocycles. The van der Waals surface area contributed by atoms with Crippen LogP contribution in [0.2, 0.25) is 0 Å². The van der Waals surface area contributed by atoms with Gasteiger partial charge in [-0.3, -0.25) is 0 Å². The number of nitrogens with zero attached hydrogens (tertiary/aromatic N) is 2. The van der Waals surface area contributed by atoms with Gasteiger partial charge in [-0.1, -0.05) is 6.42 Å². The number of nitrogens with two attached hydrogens (primary N) is 1. The van der Waals surface area contributed by atoms with Crippen LogP contribution in [0.25, 0.3) is 0 Å². The van der Waals surface area contributed by atoms with Crippen LogP contribution in [0, 0.1) is 0 Å². The lowest BCUT2D eigenvalue weighted by Gasteiger charge is -2.33. The third-order valence-corrected chi connectivity index (χ3v) is 5.32. The summed E-state index contributed by atoms with van der Waals surface area (Å²) in [4.78, 5) is 4.05. The second-order valence-corrected chi connectivity index (χ2v) is 6.73. The highest BCUT2D eigenvalue weighted by Crippen LogP contribution is 2.19. The van der Waals surface area contributed by atoms with Gasteiger partial charge >= 0.3 is 0 Å². The van der Waals surface area contributed by atoms with Crippen molar-refractivity contribution in [3.63, 3.8) is 0 Å². The summed E-state index contributed by atoms with van der Waals surface area (Å²) in [7, 11) is -3.45. The number of rotatable bonds is 5. The second-order valence-electron chi connectivity index (χ2n) is 4.30. The molecule has 2 heterocycles. The Morgan fingerprint density at radius 3 is 3.06 bits per heavy atom. The fourth-order valence-corrected chi connectivity index (χ4v) is 4.11. The van der Waals surface area contributed by atoms with Crippen LogP contribution >= 0.6 is 11.3 Å². The smallest absolute Gasteiger partial charge is 0.280 e. The topological polar surface area (TPSA) is 88.3 Å². The van der Waals surface area contributed by atoms with Gasteiger partial charge in [0.15, 0.2) is 0 Å². The van der Waals surface area contributed by atoms with E-state index in [9.17, 15) is 8.42 Å². The number of hydrogen-bond donors (Lipinski definition) is 2. The van der Waals surface area contributed by atoms with Crippen LogP contribution in [0.15, 0.2) is 10.9 Å². The third-order valence-electron chi connectivity index (χ3n) is 3.07. The molecule has 1 unspecified atom stereocenters. The Morgan fingerprint density at radius 2 is 2.39 bits per heavy atom. The average molecular weight is 290 g/mol. The van der Waals surface area contributed by atoms with E-state index < -0.39 is 10.2 Å². The van der Waals surface area contributed by atoms with Crippen molar-refractivity contribution in [2.45, 2.75) is 31.8 Å². The predicted octanol–water partition coefficient (Wildman–Crippen LogP) is 0.291. The molecule has 8 heteroatoms. The lowest BCUT2D eigenvalue weighted by molar-refractivity contribution is 0.254. The van der Waals surface area contributed by atoms with E-state index in [2.05, 4.69) is 9.71 Å². The fraction of sp³-hybridized carbons (Fsp3) is 0.700. The number of nitrogens with one attached hydrogen (secondary N) is 1. The monoisotopic (exact) mass is 290 g/mol. The van der Waals surface area contributed by atoms with E-state index in [1.807, 2.05) is 5.38 Å². The standard InChI is InChI=1S/C10H18N4O2S2/c11-5-10-3-1-2-4-14(10)18(15,16)13-6-9-7-17-8-12-9/h7-8,10,13H,1-6,11H2. The number of aromatic nitrogens is 1. The molecule has 1 aliphatic rings. The zero-order valence-corrected chi connectivity index (χ0v) is 11.7. The average Bonchev–Trinajstić information content (AvgIpc) is 2.89. The molecule has 1 saturated heterocycles. The van der Waals surface area contributed by atoms with Crippen molar-refractivity contribution in [2.75, 3.05) is 13.1 Å². The molecule has 1 aromatic rings. The summed E-state index contributed by atoms with van der Waals surface area (Å²) in [6.07, 6.45) is 2.78. The van der Waals surface area contributed by atoms with Gasteiger partial charge in [-0.25, -0.2) is 4.98 Å². The second kappa shape index (κ2) is 6.07. The highest BCUT2D eigenvalue weighted by molar-refractivity contribution is 7.87. The summed E-state index contributed by atoms with van der Waals surface area (Å²) >= 11 is 1.45. The number of thiazole rings is 1. The minimum atomic E-state index is -3.45. The molecule has 18 heavy (non-hydrogen) atoms. The minimum Gasteiger partial charge on any atom is -0.329 e. The maximum atomic E-state index is 12.2. The molecule has 3 N–H and O–H groups in total. The molecular formula is C10H18N4O2S2. The van der Waals surface area contributed by atoms with Crippen LogP contribution < -0.4 is 10.5 Å². The van der Waals surface area contributed by atoms with Crippen molar-refractivity contribution in [2.24, 2.45) is 5.73 Å². The Balaban J connectivity index is 2.00. The first-order valence-corrected chi connectivity index (χ1v) is 8.35. The SMILES string of the molecule is NCC1CCCCN1S(=O)(=O)NCc1cscn1. The zero-order chi connectivity index (χ0) is 13.0. The van der Waals surface area contributed by atoms with Crippen molar-refractivity contribution in [3.8, 4) is 0 Å². The van der Waals surface area contributed by atoms with E-state index in [1.54, 1.807) is 5.51 Å². The summed E-state index contributed by atoms with van der Waals surface area (Å²) < 4.78 is 28.4. The van der Waals surface area contributed by atoms with Crippen LogP contribution in [0.4, 0.5) is 0 Å². The van der Waals surface area contributed by atoms with Gasteiger partial charge in [0.1, 0.15) is 0 Å². The molecule has 0 bridgehead atoms. The summed E-state index contributed by atoms with van der Waals surface area (Å²) in [5.41, 5.74) is 8.06. The molecule has 0 radical (unpaired) electrons. The van der Waals surface area contributed by atoms with E-state index in [-0.39, 0.29) is 12.6 Å². The molecule has 1 aliphatic heterocycles. The maximum absolute atomic E-state index is 12.2. The van der Waals surface area contributed by atoms with Gasteiger partial charge in [-0.15, -0.1) is 11.3 Å². The van der Waals surface area contributed by atoms with Gasteiger partial charge in [0.2, 0.25) is 0 Å². The Kier molecular flexibility index (Phi) is 4.68. The first-order chi connectivity index (χ1) is 8.63. The van der Waals surface area contributed by atoms with Gasteiger partial charge < -0.3 is 5.73 Å². The number of piperidine rings is 1. The first kappa shape index (κ1) is 13.9. The van der Waals surface area contributed by atoms with Crippen molar-refractivity contribution in [1.82, 2.24) is 14.0 Å². The normalized spacial score (nSPS) is 22.2. The molecule has 1 atom stereocenters. The quantitative estimate of drug-likeness (QED) is 0.816. The van der Waals surface area contributed by atoms with Crippen LogP contribution in [-0.4, -0.2) is 36.8 Å². The van der Waals surface area contributed by atoms with E-state index in [0.29, 0.717) is 13.1 Å². The molecule has 0 amide bonds. The predicted molar refractivity (Wildman–Crippen MR) is 71.3 cm³/mol. The van der Waals surface area contributed by atoms with Gasteiger partial charge in [-0.2, -0.15) is 17.4 Å². The lowest BCUT2D eigenvalue weighted by atomic mass is 10.1. The molecule has 0 aromatic carbocycles. The van der Waals surface area contributed by atoms with Crippen molar-refractivity contribution >= 4 is 21.5 Å². The van der Waals surface area contributed by atoms with E-state index >= 15 is 0 Å². The zero-order valence-electron chi connectivity index (χ0n) is 10.1. The highest BCUT2D eigenvalue weighted by Gasteiger charge is 2.31. The number of hydrogen-bond acceptors (Lipinski definition) is 5. The van der Waals surface area contributed by atoms with Crippen LogP contribution in [0.5, 0.6) is 0 Å². The Hall–Kier alpha value is -0.540. The summed E-state index contributed by atoms with van der Waals surface area (Å²) in [6, 6.07) is -0.0771. The molecule has 2 rings (SSSR count). The molecule has 1 aromatic heterocycles. The first-order valence-electron chi connectivity index (χ1n) is 5.97. The van der Waals surface area contributed by atoms with Crippen molar-refractivity contribution < 1.29 is 8.42 Å². The lowest BCUT2D eigenvalue weighted by Crippen LogP contribution is -2.51. The van der Waals surface area contributed by atoms with E-state index in [1.165, 1.54) is 15.6 Å². The molecule has 0 aliphatic carbocycles. The minimum absolute atomic E-state index is 0.0771. The van der Waals surface area contributed by atoms with E-state index in [4.69, 9.17) is 5.73 Å². The maximum Gasteiger partial charge on any atom is 0.280 e. The Labute approximate surface area is 111 Å². The van der Waals surface area contributed by atoms with Crippen LogP contribution in [0.1, 0.15) is 25.0 Å². The van der Waals surface area contributed by atoms with Crippen molar-refractivity contribution in [3.05, 3.63) is 16.6 Å². The fourth-order valence-electron chi connectivity index (χ4n) is 2.10. The third kappa shape index (κ3) is 3.27. The van der Waals surface area contributed by atoms with Gasteiger partial charge in [0.25, 0.3) is 10.2 Å². The molecular weight excluding hydrogens is 272 g/mol. The van der Waals surface area contributed by atoms with Gasteiger partial charge in [-0.05, 0) is 12.8 Å². The summed E-state index contributed by atoms with van der Waals surface area (Å²) in [5, 5.41) is 1.83. The van der Waals surface area contributed by atoms with Crippen LogP contribution in [-0.2, 0) is 16.8 Å². The summed E-state index contributed by atoms with van der Waals surface area (Å²) in [6.45, 7) is 1.16. The van der Waals surface area contributed by atoms with Crippen LogP contribution in [0.3, 0.4) is 0 Å². The molecule has 0 spiro atoms. The largest absolute Gasteiger partial charge is 0.329 e. The molecule has 1 fully saturated rings. The van der Waals surface area contributed by atoms with Crippen molar-refractivity contribution in [1.29, 1.82) is 0 Å². The Morgan fingerprint density at radius 1 is 1.56 bits per heavy atom.